The standard InChI is InChI=1S/C16H15N5O/c1-12-2-4-13(5-3-12)8-16(22)20-14-9-15(19-10-18-14)21-7-6-17-11-21/h2-7,9-11H,8H2,1H3,(H,18,19,20,22). The Kier molecular flexibility index (Phi) is 3.91. The molecule has 1 amide bonds. The average molecular weight is 293 g/mol. The van der Waals surface area contributed by atoms with E-state index >= 15 is 0 Å². The number of nitrogens with one attached hydrogen (secondary N) is 1. The third-order valence-electron chi connectivity index (χ3n) is 3.17. The molecule has 110 valence electrons. The van der Waals surface area contributed by atoms with Crippen LogP contribution in [0, 0.1) is 6.92 Å². The van der Waals surface area contributed by atoms with Crippen LogP contribution in [-0.4, -0.2) is 25.4 Å². The van der Waals surface area contributed by atoms with Crippen LogP contribution in [-0.2, 0) is 11.2 Å². The van der Waals surface area contributed by atoms with E-state index in [1.54, 1.807) is 29.4 Å². The Morgan fingerprint density at radius 2 is 2.05 bits per heavy atom. The topological polar surface area (TPSA) is 72.7 Å². The molecule has 0 spiro atoms. The van der Waals surface area contributed by atoms with Gasteiger partial charge in [0.2, 0.25) is 5.91 Å². The Morgan fingerprint density at radius 3 is 2.77 bits per heavy atom. The lowest BCUT2D eigenvalue weighted by molar-refractivity contribution is -0.115. The number of carbonyl (C=O) groups is 1. The summed E-state index contributed by atoms with van der Waals surface area (Å²) in [5.41, 5.74) is 2.14. The number of carbonyl (C=O) groups excluding carboxylic acids is 1. The summed E-state index contributed by atoms with van der Waals surface area (Å²) >= 11 is 0. The van der Waals surface area contributed by atoms with Gasteiger partial charge in [-0.25, -0.2) is 15.0 Å². The highest BCUT2D eigenvalue weighted by molar-refractivity contribution is 5.91. The van der Waals surface area contributed by atoms with Crippen LogP contribution in [0.4, 0.5) is 5.82 Å². The maximum Gasteiger partial charge on any atom is 0.229 e. The summed E-state index contributed by atoms with van der Waals surface area (Å²) in [6, 6.07) is 9.58. The van der Waals surface area contributed by atoms with Crippen LogP contribution in [0.2, 0.25) is 0 Å². The number of aromatic nitrogens is 4. The number of hydrogen-bond acceptors (Lipinski definition) is 4. The van der Waals surface area contributed by atoms with Crippen molar-refractivity contribution in [2.24, 2.45) is 0 Å². The summed E-state index contributed by atoms with van der Waals surface area (Å²) in [7, 11) is 0. The molecule has 22 heavy (non-hydrogen) atoms. The molecule has 0 aliphatic carbocycles. The zero-order valence-electron chi connectivity index (χ0n) is 12.1. The zero-order chi connectivity index (χ0) is 15.4. The number of hydrogen-bond donors (Lipinski definition) is 1. The van der Waals surface area contributed by atoms with Crippen LogP contribution < -0.4 is 5.32 Å². The van der Waals surface area contributed by atoms with Crippen LogP contribution in [0.15, 0.2) is 55.4 Å². The van der Waals surface area contributed by atoms with Gasteiger partial charge >= 0.3 is 0 Å². The van der Waals surface area contributed by atoms with E-state index in [4.69, 9.17) is 0 Å². The molecule has 6 heteroatoms. The van der Waals surface area contributed by atoms with Crippen molar-refractivity contribution in [2.45, 2.75) is 13.3 Å². The highest BCUT2D eigenvalue weighted by Crippen LogP contribution is 2.10. The molecule has 0 saturated heterocycles. The molecule has 0 bridgehead atoms. The molecule has 2 heterocycles. The Balaban J connectivity index is 1.69. The third kappa shape index (κ3) is 3.35. The summed E-state index contributed by atoms with van der Waals surface area (Å²) in [4.78, 5) is 24.3. The molecule has 0 aliphatic rings. The van der Waals surface area contributed by atoms with E-state index in [1.165, 1.54) is 11.9 Å². The van der Waals surface area contributed by atoms with Crippen LogP contribution in [0.5, 0.6) is 0 Å². The van der Waals surface area contributed by atoms with Crippen LogP contribution in [0.25, 0.3) is 5.82 Å². The minimum atomic E-state index is -0.112. The first-order chi connectivity index (χ1) is 10.7. The van der Waals surface area contributed by atoms with E-state index in [2.05, 4.69) is 20.3 Å². The lowest BCUT2D eigenvalue weighted by Gasteiger charge is -2.06. The summed E-state index contributed by atoms with van der Waals surface area (Å²) < 4.78 is 1.75. The molecule has 6 nitrogen and oxygen atoms in total. The van der Waals surface area contributed by atoms with Gasteiger partial charge in [-0.15, -0.1) is 0 Å². The van der Waals surface area contributed by atoms with Gasteiger partial charge in [0.05, 0.1) is 6.42 Å². The Bertz CT molecular complexity index is 765. The van der Waals surface area contributed by atoms with Crippen LogP contribution in [0.1, 0.15) is 11.1 Å². The lowest BCUT2D eigenvalue weighted by Crippen LogP contribution is -2.15. The molecule has 1 N–H and O–H groups in total. The van der Waals surface area contributed by atoms with Crippen molar-refractivity contribution in [1.29, 1.82) is 0 Å². The van der Waals surface area contributed by atoms with Gasteiger partial charge < -0.3 is 5.32 Å². The molecule has 0 aliphatic heterocycles. The van der Waals surface area contributed by atoms with Gasteiger partial charge in [0, 0.05) is 18.5 Å². The van der Waals surface area contributed by atoms with Crippen molar-refractivity contribution in [1.82, 2.24) is 19.5 Å². The van der Waals surface area contributed by atoms with Crippen molar-refractivity contribution in [3.05, 3.63) is 66.5 Å². The van der Waals surface area contributed by atoms with Gasteiger partial charge in [0.15, 0.2) is 0 Å². The molecule has 3 aromatic rings. The predicted octanol–water partition coefficient (Wildman–Crippen LogP) is 2.15. The molecule has 0 unspecified atom stereocenters. The number of benzene rings is 1. The fraction of sp³-hybridized carbons (Fsp3) is 0.125. The fourth-order valence-corrected chi connectivity index (χ4v) is 2.03. The third-order valence-corrected chi connectivity index (χ3v) is 3.17. The van der Waals surface area contributed by atoms with Crippen molar-refractivity contribution in [3.8, 4) is 5.82 Å². The molecule has 0 radical (unpaired) electrons. The molecule has 0 saturated carbocycles. The number of amides is 1. The minimum Gasteiger partial charge on any atom is -0.310 e. The van der Waals surface area contributed by atoms with Crippen molar-refractivity contribution < 1.29 is 4.79 Å². The molecule has 0 fully saturated rings. The number of imidazole rings is 1. The quantitative estimate of drug-likeness (QED) is 0.800. The monoisotopic (exact) mass is 293 g/mol. The maximum absolute atomic E-state index is 12.1. The first kappa shape index (κ1) is 13.9. The fourth-order valence-electron chi connectivity index (χ4n) is 2.03. The van der Waals surface area contributed by atoms with Crippen molar-refractivity contribution in [3.63, 3.8) is 0 Å². The zero-order valence-corrected chi connectivity index (χ0v) is 12.1. The summed E-state index contributed by atoms with van der Waals surface area (Å²) in [6.07, 6.45) is 6.81. The number of rotatable bonds is 4. The number of nitrogens with zero attached hydrogens (tertiary/aromatic N) is 4. The van der Waals surface area contributed by atoms with Crippen LogP contribution in [0.3, 0.4) is 0 Å². The molecule has 3 rings (SSSR count). The van der Waals surface area contributed by atoms with Gasteiger partial charge in [0.1, 0.15) is 24.3 Å². The smallest absolute Gasteiger partial charge is 0.229 e. The second kappa shape index (κ2) is 6.17. The largest absolute Gasteiger partial charge is 0.310 e. The highest BCUT2D eigenvalue weighted by atomic mass is 16.1. The Labute approximate surface area is 127 Å². The Hall–Kier alpha value is -3.02. The molecule has 0 atom stereocenters. The van der Waals surface area contributed by atoms with Crippen molar-refractivity contribution >= 4 is 11.7 Å². The number of aryl methyl sites for hydroxylation is 1. The van der Waals surface area contributed by atoms with Crippen LogP contribution >= 0.6 is 0 Å². The molecular weight excluding hydrogens is 278 g/mol. The van der Waals surface area contributed by atoms with E-state index < -0.39 is 0 Å². The van der Waals surface area contributed by atoms with E-state index in [1.807, 2.05) is 31.2 Å². The van der Waals surface area contributed by atoms with Gasteiger partial charge in [-0.1, -0.05) is 29.8 Å². The molecular formula is C16H15N5O. The summed E-state index contributed by atoms with van der Waals surface area (Å²) in [5, 5.41) is 2.78. The van der Waals surface area contributed by atoms with Crippen molar-refractivity contribution in [2.75, 3.05) is 5.32 Å². The van der Waals surface area contributed by atoms with Gasteiger partial charge in [-0.3, -0.25) is 9.36 Å². The van der Waals surface area contributed by atoms with Gasteiger partial charge in [-0.05, 0) is 12.5 Å². The summed E-state index contributed by atoms with van der Waals surface area (Å²) in [6.45, 7) is 2.02. The van der Waals surface area contributed by atoms with E-state index in [9.17, 15) is 4.79 Å². The Morgan fingerprint density at radius 1 is 1.23 bits per heavy atom. The second-order valence-electron chi connectivity index (χ2n) is 4.94. The summed E-state index contributed by atoms with van der Waals surface area (Å²) in [5.74, 6) is 1.01. The number of anilines is 1. The minimum absolute atomic E-state index is 0.112. The highest BCUT2D eigenvalue weighted by Gasteiger charge is 2.06. The van der Waals surface area contributed by atoms with Gasteiger partial charge in [0.25, 0.3) is 0 Å². The van der Waals surface area contributed by atoms with E-state index in [-0.39, 0.29) is 5.91 Å². The lowest BCUT2D eigenvalue weighted by atomic mass is 10.1. The van der Waals surface area contributed by atoms with E-state index in [0.717, 1.165) is 5.56 Å². The first-order valence-corrected chi connectivity index (χ1v) is 6.86. The normalized spacial score (nSPS) is 10.4. The second-order valence-corrected chi connectivity index (χ2v) is 4.94. The average Bonchev–Trinajstić information content (AvgIpc) is 3.04. The molecule has 2 aromatic heterocycles. The molecule has 1 aromatic carbocycles. The van der Waals surface area contributed by atoms with Gasteiger partial charge in [-0.2, -0.15) is 0 Å². The predicted molar refractivity (Wildman–Crippen MR) is 82.7 cm³/mol. The van der Waals surface area contributed by atoms with E-state index in [0.29, 0.717) is 18.1 Å². The SMILES string of the molecule is Cc1ccc(CC(=O)Nc2cc(-n3ccnc3)ncn2)cc1. The maximum atomic E-state index is 12.1. The first-order valence-electron chi connectivity index (χ1n) is 6.86.